The van der Waals surface area contributed by atoms with E-state index < -0.39 is 11.0 Å². The van der Waals surface area contributed by atoms with Gasteiger partial charge >= 0.3 is 5.69 Å². The zero-order valence-corrected chi connectivity index (χ0v) is 11.4. The summed E-state index contributed by atoms with van der Waals surface area (Å²) in [5.41, 5.74) is 0.872. The molecule has 0 radical (unpaired) electrons. The summed E-state index contributed by atoms with van der Waals surface area (Å²) in [5, 5.41) is 29.7. The number of rotatable bonds is 5. The number of aliphatic hydroxyl groups excluding tert-OH is 2. The van der Waals surface area contributed by atoms with Gasteiger partial charge in [0.1, 0.15) is 5.75 Å². The van der Waals surface area contributed by atoms with Gasteiger partial charge in [-0.1, -0.05) is 18.2 Å². The largest absolute Gasteiger partial charge is 0.450 e. The van der Waals surface area contributed by atoms with Gasteiger partial charge in [-0.3, -0.25) is 10.1 Å². The monoisotopic (exact) mass is 289 g/mol. The fourth-order valence-electron chi connectivity index (χ4n) is 1.86. The molecule has 110 valence electrons. The average Bonchev–Trinajstić information content (AvgIpc) is 2.47. The van der Waals surface area contributed by atoms with Crippen LogP contribution in [0.15, 0.2) is 42.5 Å². The number of benzene rings is 2. The molecule has 0 amide bonds. The minimum atomic E-state index is -0.796. The molecule has 0 aromatic heterocycles. The lowest BCUT2D eigenvalue weighted by atomic mass is 10.1. The summed E-state index contributed by atoms with van der Waals surface area (Å²) >= 11 is 0. The molecule has 2 aromatic rings. The van der Waals surface area contributed by atoms with Gasteiger partial charge in [0.25, 0.3) is 0 Å². The number of ether oxygens (including phenoxy) is 1. The number of nitro benzene ring substituents is 1. The van der Waals surface area contributed by atoms with Crippen LogP contribution in [0.1, 0.15) is 24.2 Å². The van der Waals surface area contributed by atoms with E-state index in [-0.39, 0.29) is 18.0 Å². The molecule has 1 atom stereocenters. The molecule has 0 spiro atoms. The minimum Gasteiger partial charge on any atom is -0.450 e. The van der Waals surface area contributed by atoms with E-state index in [0.29, 0.717) is 16.9 Å². The standard InChI is InChI=1S/C15H15NO5/c1-10(18)12-5-6-15(14(8-12)16(19)20)21-13-4-2-3-11(7-13)9-17/h2-8,10,17-18H,9H2,1H3/t10-/m0/s1. The van der Waals surface area contributed by atoms with Crippen molar-refractivity contribution in [3.05, 3.63) is 63.7 Å². The van der Waals surface area contributed by atoms with Crippen molar-refractivity contribution in [1.82, 2.24) is 0 Å². The van der Waals surface area contributed by atoms with Gasteiger partial charge in [-0.2, -0.15) is 0 Å². The maximum atomic E-state index is 11.1. The van der Waals surface area contributed by atoms with Crippen LogP contribution in [0.25, 0.3) is 0 Å². The number of nitrogens with zero attached hydrogens (tertiary/aromatic N) is 1. The first kappa shape index (κ1) is 15.0. The molecular formula is C15H15NO5. The van der Waals surface area contributed by atoms with E-state index in [9.17, 15) is 15.2 Å². The molecule has 0 bridgehead atoms. The molecule has 0 saturated heterocycles. The Labute approximate surface area is 121 Å². The zero-order chi connectivity index (χ0) is 15.4. The number of hydrogen-bond acceptors (Lipinski definition) is 5. The van der Waals surface area contributed by atoms with Gasteiger partial charge in [-0.05, 0) is 36.2 Å². The summed E-state index contributed by atoms with van der Waals surface area (Å²) in [6.07, 6.45) is -0.796. The zero-order valence-electron chi connectivity index (χ0n) is 11.4. The summed E-state index contributed by atoms with van der Waals surface area (Å²) in [6, 6.07) is 11.0. The van der Waals surface area contributed by atoms with E-state index in [4.69, 9.17) is 9.84 Å². The van der Waals surface area contributed by atoms with Gasteiger partial charge in [0, 0.05) is 6.07 Å². The first-order valence-corrected chi connectivity index (χ1v) is 6.35. The van der Waals surface area contributed by atoms with Crippen LogP contribution in [0.2, 0.25) is 0 Å². The lowest BCUT2D eigenvalue weighted by molar-refractivity contribution is -0.385. The third-order valence-corrected chi connectivity index (χ3v) is 2.97. The van der Waals surface area contributed by atoms with Gasteiger partial charge in [-0.15, -0.1) is 0 Å². The second-order valence-electron chi connectivity index (χ2n) is 4.57. The Bertz CT molecular complexity index is 654. The Morgan fingerprint density at radius 3 is 2.67 bits per heavy atom. The van der Waals surface area contributed by atoms with Crippen molar-refractivity contribution in [3.8, 4) is 11.5 Å². The normalized spacial score (nSPS) is 12.0. The quantitative estimate of drug-likeness (QED) is 0.652. The summed E-state index contributed by atoms with van der Waals surface area (Å²) in [5.74, 6) is 0.480. The number of hydrogen-bond donors (Lipinski definition) is 2. The highest BCUT2D eigenvalue weighted by Gasteiger charge is 2.18. The molecule has 0 aliphatic heterocycles. The van der Waals surface area contributed by atoms with E-state index in [1.165, 1.54) is 19.1 Å². The molecule has 0 unspecified atom stereocenters. The van der Waals surface area contributed by atoms with Gasteiger partial charge in [0.2, 0.25) is 5.75 Å². The van der Waals surface area contributed by atoms with Crippen LogP contribution in [-0.2, 0) is 6.61 Å². The Morgan fingerprint density at radius 1 is 1.29 bits per heavy atom. The summed E-state index contributed by atoms with van der Waals surface area (Å²) < 4.78 is 5.51. The molecule has 0 heterocycles. The Morgan fingerprint density at radius 2 is 2.05 bits per heavy atom. The van der Waals surface area contributed by atoms with Crippen molar-refractivity contribution in [2.45, 2.75) is 19.6 Å². The van der Waals surface area contributed by atoms with Gasteiger partial charge in [0.15, 0.2) is 0 Å². The third kappa shape index (κ3) is 3.56. The lowest BCUT2D eigenvalue weighted by Crippen LogP contribution is -1.97. The van der Waals surface area contributed by atoms with Crippen LogP contribution in [0, 0.1) is 10.1 Å². The van der Waals surface area contributed by atoms with Gasteiger partial charge in [-0.25, -0.2) is 0 Å². The molecule has 0 aliphatic rings. The van der Waals surface area contributed by atoms with E-state index in [1.807, 2.05) is 0 Å². The van der Waals surface area contributed by atoms with Crippen molar-refractivity contribution < 1.29 is 19.9 Å². The molecule has 6 nitrogen and oxygen atoms in total. The van der Waals surface area contributed by atoms with Crippen LogP contribution in [-0.4, -0.2) is 15.1 Å². The molecule has 0 aliphatic carbocycles. The van der Waals surface area contributed by atoms with Crippen LogP contribution < -0.4 is 4.74 Å². The lowest BCUT2D eigenvalue weighted by Gasteiger charge is -2.10. The van der Waals surface area contributed by atoms with E-state index >= 15 is 0 Å². The third-order valence-electron chi connectivity index (χ3n) is 2.97. The molecular weight excluding hydrogens is 274 g/mol. The average molecular weight is 289 g/mol. The van der Waals surface area contributed by atoms with Crippen LogP contribution in [0.4, 0.5) is 5.69 Å². The number of nitro groups is 1. The van der Waals surface area contributed by atoms with Crippen LogP contribution >= 0.6 is 0 Å². The topological polar surface area (TPSA) is 92.8 Å². The first-order chi connectivity index (χ1) is 10.0. The molecule has 2 N–H and O–H groups in total. The maximum Gasteiger partial charge on any atom is 0.311 e. The molecule has 0 saturated carbocycles. The fourth-order valence-corrected chi connectivity index (χ4v) is 1.86. The smallest absolute Gasteiger partial charge is 0.311 e. The van der Waals surface area contributed by atoms with Crippen LogP contribution in [0.5, 0.6) is 11.5 Å². The van der Waals surface area contributed by atoms with Crippen molar-refractivity contribution in [3.63, 3.8) is 0 Å². The second kappa shape index (κ2) is 6.34. The van der Waals surface area contributed by atoms with Crippen molar-refractivity contribution in [2.24, 2.45) is 0 Å². The first-order valence-electron chi connectivity index (χ1n) is 6.35. The summed E-state index contributed by atoms with van der Waals surface area (Å²) in [6.45, 7) is 1.39. The predicted octanol–water partition coefficient (Wildman–Crippen LogP) is 2.93. The molecule has 2 rings (SSSR count). The molecule has 21 heavy (non-hydrogen) atoms. The fraction of sp³-hybridized carbons (Fsp3) is 0.200. The van der Waals surface area contributed by atoms with Gasteiger partial charge in [0.05, 0.1) is 17.6 Å². The highest BCUT2D eigenvalue weighted by Crippen LogP contribution is 2.33. The minimum absolute atomic E-state index is 0.0829. The number of aliphatic hydroxyl groups is 2. The Balaban J connectivity index is 2.36. The maximum absolute atomic E-state index is 11.1. The van der Waals surface area contributed by atoms with Crippen molar-refractivity contribution in [2.75, 3.05) is 0 Å². The van der Waals surface area contributed by atoms with Crippen molar-refractivity contribution >= 4 is 5.69 Å². The SMILES string of the molecule is C[C@H](O)c1ccc(Oc2cccc(CO)c2)c([N+](=O)[O-])c1. The van der Waals surface area contributed by atoms with Gasteiger partial charge < -0.3 is 14.9 Å². The molecule has 0 fully saturated rings. The predicted molar refractivity (Wildman–Crippen MR) is 76.2 cm³/mol. The van der Waals surface area contributed by atoms with E-state index in [0.717, 1.165) is 0 Å². The summed E-state index contributed by atoms with van der Waals surface area (Å²) in [7, 11) is 0. The molecule has 6 heteroatoms. The highest BCUT2D eigenvalue weighted by atomic mass is 16.6. The second-order valence-corrected chi connectivity index (χ2v) is 4.57. The molecule has 2 aromatic carbocycles. The summed E-state index contributed by atoms with van der Waals surface area (Å²) in [4.78, 5) is 10.6. The Kier molecular flexibility index (Phi) is 4.52. The van der Waals surface area contributed by atoms with Crippen molar-refractivity contribution in [1.29, 1.82) is 0 Å². The van der Waals surface area contributed by atoms with Crippen LogP contribution in [0.3, 0.4) is 0 Å². The van der Waals surface area contributed by atoms with E-state index in [2.05, 4.69) is 0 Å². The van der Waals surface area contributed by atoms with E-state index in [1.54, 1.807) is 30.3 Å². The highest BCUT2D eigenvalue weighted by molar-refractivity contribution is 5.51. The Hall–Kier alpha value is -2.44.